The number of benzene rings is 2. The lowest BCUT2D eigenvalue weighted by molar-refractivity contribution is 0.302. The van der Waals surface area contributed by atoms with Crippen molar-refractivity contribution in [3.05, 3.63) is 62.0 Å². The summed E-state index contributed by atoms with van der Waals surface area (Å²) in [4.78, 5) is 0. The van der Waals surface area contributed by atoms with Crippen molar-refractivity contribution in [2.75, 3.05) is 6.54 Å². The molecule has 138 valence electrons. The fraction of sp³-hybridized carbons (Fsp3) is 0.368. The second kappa shape index (κ2) is 11.3. The summed E-state index contributed by atoms with van der Waals surface area (Å²) in [5.41, 5.74) is 2.04. The number of rotatable bonds is 8. The Hall–Kier alpha value is -0.450. The molecule has 2 aromatic carbocycles. The fourth-order valence-corrected chi connectivity index (χ4v) is 3.11. The minimum Gasteiger partial charge on any atom is -0.489 e. The number of hydrogen-bond acceptors (Lipinski definition) is 2. The van der Waals surface area contributed by atoms with Crippen LogP contribution in [0.5, 0.6) is 5.75 Å². The van der Waals surface area contributed by atoms with Gasteiger partial charge in [-0.25, -0.2) is 0 Å². The van der Waals surface area contributed by atoms with Crippen LogP contribution in [-0.2, 0) is 13.2 Å². The Kier molecular flexibility index (Phi) is 10.2. The maximum atomic E-state index is 6.21. The van der Waals surface area contributed by atoms with E-state index in [1.807, 2.05) is 24.3 Å². The highest BCUT2D eigenvalue weighted by Crippen LogP contribution is 2.26. The third kappa shape index (κ3) is 7.76. The summed E-state index contributed by atoms with van der Waals surface area (Å²) in [6, 6.07) is 11.5. The number of nitrogens with one attached hydrogen (secondary N) is 1. The van der Waals surface area contributed by atoms with Crippen LogP contribution in [0, 0.1) is 5.92 Å². The van der Waals surface area contributed by atoms with Gasteiger partial charge in [0.1, 0.15) is 12.4 Å². The lowest BCUT2D eigenvalue weighted by atomic mass is 10.1. The minimum absolute atomic E-state index is 0. The summed E-state index contributed by atoms with van der Waals surface area (Å²) in [5.74, 6) is 1.56. The molecule has 0 aliphatic heterocycles. The second-order valence-electron chi connectivity index (χ2n) is 6.14. The molecule has 0 aromatic heterocycles. The predicted molar refractivity (Wildman–Crippen MR) is 113 cm³/mol. The van der Waals surface area contributed by atoms with Crippen LogP contribution < -0.4 is 10.1 Å². The molecule has 0 atom stereocenters. The lowest BCUT2D eigenvalue weighted by Gasteiger charge is -2.14. The van der Waals surface area contributed by atoms with Gasteiger partial charge in [-0.15, -0.1) is 12.4 Å². The largest absolute Gasteiger partial charge is 0.489 e. The minimum atomic E-state index is 0. The van der Waals surface area contributed by atoms with E-state index in [1.165, 1.54) is 0 Å². The molecule has 0 spiro atoms. The van der Waals surface area contributed by atoms with Crippen molar-refractivity contribution in [2.45, 2.75) is 33.4 Å². The summed E-state index contributed by atoms with van der Waals surface area (Å²) in [5, 5.41) is 4.72. The summed E-state index contributed by atoms with van der Waals surface area (Å²) >= 11 is 15.7. The Balaban J connectivity index is 0.00000312. The van der Waals surface area contributed by atoms with Gasteiger partial charge < -0.3 is 10.1 Å². The number of ether oxygens (including phenoxy) is 1. The molecule has 25 heavy (non-hydrogen) atoms. The first-order valence-corrected chi connectivity index (χ1v) is 9.56. The van der Waals surface area contributed by atoms with Crippen LogP contribution in [0.3, 0.4) is 0 Å². The molecule has 6 heteroatoms. The highest BCUT2D eigenvalue weighted by atomic mass is 79.9. The van der Waals surface area contributed by atoms with E-state index >= 15 is 0 Å². The number of halogens is 4. The zero-order chi connectivity index (χ0) is 17.5. The molecule has 2 aromatic rings. The van der Waals surface area contributed by atoms with Crippen molar-refractivity contribution in [1.29, 1.82) is 0 Å². The molecular weight excluding hydrogens is 444 g/mol. The third-order valence-electron chi connectivity index (χ3n) is 3.63. The van der Waals surface area contributed by atoms with Gasteiger partial charge in [0.05, 0.1) is 0 Å². The maximum Gasteiger partial charge on any atom is 0.124 e. The average Bonchev–Trinajstić information content (AvgIpc) is 2.52. The molecule has 0 saturated carbocycles. The van der Waals surface area contributed by atoms with Crippen molar-refractivity contribution in [3.8, 4) is 5.75 Å². The van der Waals surface area contributed by atoms with Gasteiger partial charge in [-0.2, -0.15) is 0 Å². The summed E-state index contributed by atoms with van der Waals surface area (Å²) < 4.78 is 7.03. The molecule has 0 aliphatic rings. The molecule has 0 radical (unpaired) electrons. The average molecular weight is 468 g/mol. The van der Waals surface area contributed by atoms with E-state index in [0.717, 1.165) is 40.9 Å². The van der Waals surface area contributed by atoms with Crippen LogP contribution in [-0.4, -0.2) is 6.54 Å². The highest BCUT2D eigenvalue weighted by Gasteiger charge is 2.07. The Morgan fingerprint density at radius 2 is 1.84 bits per heavy atom. The lowest BCUT2D eigenvalue weighted by Crippen LogP contribution is -2.17. The quantitative estimate of drug-likeness (QED) is 0.427. The Bertz CT molecular complexity index is 680. The molecule has 1 N–H and O–H groups in total. The van der Waals surface area contributed by atoms with Gasteiger partial charge in [-0.1, -0.05) is 59.0 Å². The first-order valence-electron chi connectivity index (χ1n) is 8.01. The molecule has 2 rings (SSSR count). The Labute approximate surface area is 174 Å². The first-order chi connectivity index (χ1) is 11.5. The van der Waals surface area contributed by atoms with E-state index in [-0.39, 0.29) is 12.4 Å². The van der Waals surface area contributed by atoms with E-state index in [4.69, 9.17) is 27.9 Å². The second-order valence-corrected chi connectivity index (χ2v) is 7.90. The van der Waals surface area contributed by atoms with Gasteiger partial charge in [0.15, 0.2) is 0 Å². The van der Waals surface area contributed by atoms with Crippen molar-refractivity contribution >= 4 is 51.5 Å². The van der Waals surface area contributed by atoms with Crippen molar-refractivity contribution in [1.82, 2.24) is 5.32 Å². The van der Waals surface area contributed by atoms with Crippen LogP contribution in [0.15, 0.2) is 40.9 Å². The molecule has 0 amide bonds. The van der Waals surface area contributed by atoms with E-state index in [9.17, 15) is 0 Å². The fourth-order valence-electron chi connectivity index (χ4n) is 2.24. The zero-order valence-electron chi connectivity index (χ0n) is 14.3. The van der Waals surface area contributed by atoms with Crippen LogP contribution in [0.2, 0.25) is 10.0 Å². The highest BCUT2D eigenvalue weighted by molar-refractivity contribution is 9.10. The van der Waals surface area contributed by atoms with E-state index in [0.29, 0.717) is 22.6 Å². The van der Waals surface area contributed by atoms with Crippen LogP contribution >= 0.6 is 51.5 Å². The van der Waals surface area contributed by atoms with Gasteiger partial charge in [0.25, 0.3) is 0 Å². The summed E-state index contributed by atoms with van der Waals surface area (Å²) in [6.07, 6.45) is 1.16. The van der Waals surface area contributed by atoms with Gasteiger partial charge in [-0.05, 0) is 49.2 Å². The summed E-state index contributed by atoms with van der Waals surface area (Å²) in [6.45, 7) is 6.63. The molecule has 2 nitrogen and oxygen atoms in total. The number of hydrogen-bond donors (Lipinski definition) is 1. The Morgan fingerprint density at radius 3 is 2.52 bits per heavy atom. The molecule has 0 bridgehead atoms. The van der Waals surface area contributed by atoms with Crippen LogP contribution in [0.25, 0.3) is 0 Å². The molecule has 0 unspecified atom stereocenters. The SMILES string of the molecule is CC(C)CCNCc1cc(Br)ccc1OCc1ccc(Cl)cc1Cl.Cl. The Morgan fingerprint density at radius 1 is 1.08 bits per heavy atom. The summed E-state index contributed by atoms with van der Waals surface area (Å²) in [7, 11) is 0. The van der Waals surface area contributed by atoms with E-state index in [2.05, 4.69) is 41.2 Å². The maximum absolute atomic E-state index is 6.21. The zero-order valence-corrected chi connectivity index (χ0v) is 18.2. The molecule has 0 fully saturated rings. The van der Waals surface area contributed by atoms with Gasteiger partial charge in [0, 0.05) is 32.2 Å². The van der Waals surface area contributed by atoms with Crippen molar-refractivity contribution in [2.24, 2.45) is 5.92 Å². The first kappa shape index (κ1) is 22.6. The van der Waals surface area contributed by atoms with Crippen molar-refractivity contribution < 1.29 is 4.74 Å². The topological polar surface area (TPSA) is 21.3 Å². The smallest absolute Gasteiger partial charge is 0.124 e. The predicted octanol–water partition coefficient (Wildman–Crippen LogP) is 6.89. The normalized spacial score (nSPS) is 10.6. The third-order valence-corrected chi connectivity index (χ3v) is 4.71. The van der Waals surface area contributed by atoms with Gasteiger partial charge in [0.2, 0.25) is 0 Å². The molecule has 0 saturated heterocycles. The molecular formula is C19H23BrCl3NO. The molecule has 0 aliphatic carbocycles. The van der Waals surface area contributed by atoms with Gasteiger partial charge in [-0.3, -0.25) is 0 Å². The van der Waals surface area contributed by atoms with E-state index < -0.39 is 0 Å². The van der Waals surface area contributed by atoms with E-state index in [1.54, 1.807) is 6.07 Å². The van der Waals surface area contributed by atoms with Crippen LogP contribution in [0.1, 0.15) is 31.4 Å². The monoisotopic (exact) mass is 465 g/mol. The standard InChI is InChI=1S/C19H22BrCl2NO.ClH/c1-13(2)7-8-23-11-15-9-16(20)4-6-19(15)24-12-14-3-5-17(21)10-18(14)22;/h3-6,9-10,13,23H,7-8,11-12H2,1-2H3;1H. The van der Waals surface area contributed by atoms with Crippen LogP contribution in [0.4, 0.5) is 0 Å². The van der Waals surface area contributed by atoms with Gasteiger partial charge >= 0.3 is 0 Å². The van der Waals surface area contributed by atoms with Crippen molar-refractivity contribution in [3.63, 3.8) is 0 Å². The molecule has 0 heterocycles.